The molecule has 1 heterocycles. The lowest BCUT2D eigenvalue weighted by Gasteiger charge is -2.25. The lowest BCUT2D eigenvalue weighted by molar-refractivity contribution is -0.520. The fourth-order valence-electron chi connectivity index (χ4n) is 4.38. The van der Waals surface area contributed by atoms with Gasteiger partial charge in [0.15, 0.2) is 6.04 Å². The summed E-state index contributed by atoms with van der Waals surface area (Å²) in [5, 5.41) is 5.82. The predicted octanol–water partition coefficient (Wildman–Crippen LogP) is 5.60. The number of likely N-dealkylation sites (N-methyl/N-ethyl adjacent to an activating group) is 1. The molecule has 0 saturated carbocycles. The second-order valence-corrected chi connectivity index (χ2v) is 10.8. The van der Waals surface area contributed by atoms with Crippen LogP contribution in [0.2, 0.25) is 0 Å². The zero-order valence-electron chi connectivity index (χ0n) is 22.1. The topological polar surface area (TPSA) is 71.2 Å². The van der Waals surface area contributed by atoms with Crippen LogP contribution in [-0.2, 0) is 9.53 Å². The summed E-state index contributed by atoms with van der Waals surface area (Å²) in [6.07, 6.45) is 10.4. The minimum atomic E-state index is -0.702. The normalized spacial score (nSPS) is 21.7. The zero-order valence-corrected chi connectivity index (χ0v) is 22.1. The summed E-state index contributed by atoms with van der Waals surface area (Å²) < 4.78 is 13.4. The Balaban J connectivity index is 1.97. The van der Waals surface area contributed by atoms with E-state index in [2.05, 4.69) is 47.8 Å². The summed E-state index contributed by atoms with van der Waals surface area (Å²) in [5.41, 5.74) is 0.571. The van der Waals surface area contributed by atoms with Crippen LogP contribution in [0.4, 0.5) is 10.5 Å². The van der Waals surface area contributed by atoms with Gasteiger partial charge in [-0.25, -0.2) is 9.37 Å². The molecule has 7 nitrogen and oxygen atoms in total. The molecule has 0 bridgehead atoms. The third-order valence-electron chi connectivity index (χ3n) is 6.58. The number of allylic oxidation sites excluding steroid dienone is 2. The third-order valence-corrected chi connectivity index (χ3v) is 6.58. The van der Waals surface area contributed by atoms with Crippen molar-refractivity contribution in [3.05, 3.63) is 48.6 Å². The predicted molar refractivity (Wildman–Crippen MR) is 139 cm³/mol. The van der Waals surface area contributed by atoms with Gasteiger partial charge in [0, 0.05) is 6.07 Å². The van der Waals surface area contributed by atoms with Gasteiger partial charge in [0.2, 0.25) is 5.71 Å². The zero-order chi connectivity index (χ0) is 26.0. The average molecular weight is 481 g/mol. The van der Waals surface area contributed by atoms with Crippen molar-refractivity contribution in [1.82, 2.24) is 0 Å². The van der Waals surface area contributed by atoms with Crippen molar-refractivity contribution in [1.29, 1.82) is 0 Å². The molecule has 1 amide bonds. The molecule has 0 spiro atoms. The highest BCUT2D eigenvalue weighted by atomic mass is 16.6. The lowest BCUT2D eigenvalue weighted by atomic mass is 9.73. The number of ether oxygens (including phenoxy) is 2. The quantitative estimate of drug-likeness (QED) is 0.175. The van der Waals surface area contributed by atoms with Crippen LogP contribution in [0.1, 0.15) is 54.9 Å². The molecule has 188 valence electrons. The molecule has 0 radical (unpaired) electrons. The van der Waals surface area contributed by atoms with Crippen LogP contribution in [-0.4, -0.2) is 47.3 Å². The van der Waals surface area contributed by atoms with Crippen LogP contribution >= 0.6 is 0 Å². The van der Waals surface area contributed by atoms with Crippen molar-refractivity contribution < 1.29 is 23.6 Å². The van der Waals surface area contributed by atoms with Gasteiger partial charge in [-0.15, -0.1) is 0 Å². The molecular formula is C28H38N3O4+. The number of fused-ring (bicyclic) bond motifs is 1. The Labute approximate surface area is 208 Å². The summed E-state index contributed by atoms with van der Waals surface area (Å²) >= 11 is 0. The molecule has 1 aromatic rings. The van der Waals surface area contributed by atoms with E-state index in [-0.39, 0.29) is 23.3 Å². The number of hydrogen-bond donors (Lipinski definition) is 0. The molecule has 0 saturated heterocycles. The fourth-order valence-corrected chi connectivity index (χ4v) is 4.38. The Kier molecular flexibility index (Phi) is 7.68. The first-order valence-corrected chi connectivity index (χ1v) is 12.2. The number of hydrogen-bond acceptors (Lipinski definition) is 5. The van der Waals surface area contributed by atoms with E-state index in [9.17, 15) is 9.59 Å². The molecular weight excluding hydrogens is 442 g/mol. The van der Waals surface area contributed by atoms with Crippen molar-refractivity contribution in [3.63, 3.8) is 0 Å². The first-order valence-electron chi connectivity index (χ1n) is 12.2. The van der Waals surface area contributed by atoms with E-state index in [1.54, 1.807) is 30.5 Å². The maximum Gasteiger partial charge on any atom is 0.435 e. The minimum absolute atomic E-state index is 0.183. The Hall–Kier alpha value is -3.22. The first kappa shape index (κ1) is 26.4. The number of esters is 1. The van der Waals surface area contributed by atoms with E-state index in [4.69, 9.17) is 9.47 Å². The fraction of sp³-hybridized carbons (Fsp3) is 0.500. The maximum absolute atomic E-state index is 13.2. The molecule has 1 aliphatic heterocycles. The summed E-state index contributed by atoms with van der Waals surface area (Å²) in [6, 6.07) is 7.01. The first-order chi connectivity index (χ1) is 16.3. The molecule has 3 rings (SSSR count). The number of amides is 1. The van der Waals surface area contributed by atoms with E-state index in [0.29, 0.717) is 23.8 Å². The van der Waals surface area contributed by atoms with Crippen molar-refractivity contribution in [2.45, 2.75) is 66.5 Å². The Bertz CT molecular complexity index is 1090. The smallest absolute Gasteiger partial charge is 0.435 e. The van der Waals surface area contributed by atoms with E-state index < -0.39 is 11.7 Å². The molecule has 0 fully saturated rings. The van der Waals surface area contributed by atoms with Crippen LogP contribution in [0, 0.1) is 17.3 Å². The van der Waals surface area contributed by atoms with E-state index in [0.717, 1.165) is 5.71 Å². The van der Waals surface area contributed by atoms with E-state index >= 15 is 0 Å². The van der Waals surface area contributed by atoms with Gasteiger partial charge in [0.05, 0.1) is 22.9 Å². The highest BCUT2D eigenvalue weighted by Crippen LogP contribution is 2.40. The number of carbonyl (C=O) groups excluding carboxylic acids is 2. The van der Waals surface area contributed by atoms with Crippen LogP contribution < -0.4 is 9.75 Å². The number of benzene rings is 1. The second-order valence-electron chi connectivity index (χ2n) is 10.8. The van der Waals surface area contributed by atoms with Gasteiger partial charge < -0.3 is 9.47 Å². The van der Waals surface area contributed by atoms with Crippen molar-refractivity contribution >= 4 is 29.7 Å². The monoisotopic (exact) mass is 480 g/mol. The van der Waals surface area contributed by atoms with Crippen LogP contribution in [0.25, 0.3) is 0 Å². The molecule has 3 atom stereocenters. The van der Waals surface area contributed by atoms with Crippen molar-refractivity contribution in [2.75, 3.05) is 12.1 Å². The number of hydrazone groups is 1. The molecule has 1 aromatic carbocycles. The number of nitrogens with zero attached hydrogens (tertiary/aromatic N) is 3. The molecule has 2 aliphatic rings. The average Bonchev–Trinajstić information content (AvgIpc) is 2.98. The van der Waals surface area contributed by atoms with Gasteiger partial charge in [-0.1, -0.05) is 38.1 Å². The lowest BCUT2D eigenvalue weighted by Crippen LogP contribution is -2.35. The molecule has 7 heteroatoms. The Morgan fingerprint density at radius 2 is 1.91 bits per heavy atom. The van der Waals surface area contributed by atoms with E-state index in [1.165, 1.54) is 5.01 Å². The molecule has 0 N–H and O–H groups in total. The molecule has 0 aromatic heterocycles. The van der Waals surface area contributed by atoms with Gasteiger partial charge in [0.1, 0.15) is 24.6 Å². The molecule has 35 heavy (non-hydrogen) atoms. The highest BCUT2D eigenvalue weighted by molar-refractivity contribution is 6.31. The standard InChI is InChI=1S/C28H38N3O4/c1-9-19(2)25(32)34-21-14-12-13-20(17-21)31(26(33)35-27(3,4)5)29-18-24-28(6,7)22-15-10-11-16-23(22)30(24)8/h10-19,22-23H,9H2,1-8H3/q+1. The molecule has 3 unspecified atom stereocenters. The SMILES string of the molecule is CCC(C)C(=O)Oc1cccc(N(/N=C/C2=[N+](C)C3C=CC=CC3C2(C)C)C(=O)OC(C)(C)C)c1. The van der Waals surface area contributed by atoms with Crippen molar-refractivity contribution in [3.8, 4) is 5.75 Å². The van der Waals surface area contributed by atoms with Crippen LogP contribution in [0.15, 0.2) is 53.7 Å². The Morgan fingerprint density at radius 3 is 2.54 bits per heavy atom. The van der Waals surface area contributed by atoms with Gasteiger partial charge >= 0.3 is 12.1 Å². The maximum atomic E-state index is 13.2. The van der Waals surface area contributed by atoms with Gasteiger partial charge in [0.25, 0.3) is 0 Å². The third kappa shape index (κ3) is 5.89. The van der Waals surface area contributed by atoms with Crippen LogP contribution in [0.3, 0.4) is 0 Å². The van der Waals surface area contributed by atoms with Gasteiger partial charge in [-0.05, 0) is 59.2 Å². The number of anilines is 1. The second kappa shape index (κ2) is 10.2. The summed E-state index contributed by atoms with van der Waals surface area (Å²) in [7, 11) is 2.05. The largest absolute Gasteiger partial charge is 0.442 e. The van der Waals surface area contributed by atoms with E-state index in [1.807, 2.05) is 41.7 Å². The van der Waals surface area contributed by atoms with Crippen LogP contribution in [0.5, 0.6) is 5.75 Å². The minimum Gasteiger partial charge on any atom is -0.442 e. The number of rotatable bonds is 6. The highest BCUT2D eigenvalue weighted by Gasteiger charge is 2.51. The summed E-state index contributed by atoms with van der Waals surface area (Å²) in [5.74, 6) is 0.119. The van der Waals surface area contributed by atoms with Crippen molar-refractivity contribution in [2.24, 2.45) is 22.4 Å². The number of carbonyl (C=O) groups is 2. The van der Waals surface area contributed by atoms with Gasteiger partial charge in [-0.2, -0.15) is 10.1 Å². The summed E-state index contributed by atoms with van der Waals surface area (Å²) in [4.78, 5) is 25.5. The Morgan fingerprint density at radius 1 is 1.23 bits per heavy atom. The summed E-state index contributed by atoms with van der Waals surface area (Å²) in [6.45, 7) is 13.6. The van der Waals surface area contributed by atoms with Gasteiger partial charge in [-0.3, -0.25) is 4.79 Å². The molecule has 1 aliphatic carbocycles.